The fourth-order valence-corrected chi connectivity index (χ4v) is 5.41. The van der Waals surface area contributed by atoms with Gasteiger partial charge >= 0.3 is 0 Å². The number of nitrogens with zero attached hydrogens (tertiary/aromatic N) is 1. The number of para-hydroxylation sites is 2. The minimum absolute atomic E-state index is 0.109. The Kier molecular flexibility index (Phi) is 7.38. The molecule has 0 bridgehead atoms. The van der Waals surface area contributed by atoms with Gasteiger partial charge in [-0.05, 0) is 42.7 Å². The Morgan fingerprint density at radius 1 is 0.917 bits per heavy atom. The number of carbonyl (C=O) groups is 2. The second-order valence-electron chi connectivity index (χ2n) is 9.40. The number of benzene rings is 3. The number of rotatable bonds is 7. The van der Waals surface area contributed by atoms with Gasteiger partial charge in [0.15, 0.2) is 0 Å². The van der Waals surface area contributed by atoms with E-state index in [4.69, 9.17) is 11.6 Å². The van der Waals surface area contributed by atoms with Gasteiger partial charge in [0.1, 0.15) is 6.04 Å². The molecule has 1 fully saturated rings. The van der Waals surface area contributed by atoms with Crippen molar-refractivity contribution in [3.8, 4) is 0 Å². The van der Waals surface area contributed by atoms with Gasteiger partial charge in [-0.1, -0.05) is 85.5 Å². The maximum absolute atomic E-state index is 14.1. The van der Waals surface area contributed by atoms with E-state index in [1.54, 1.807) is 11.0 Å². The van der Waals surface area contributed by atoms with Crippen molar-refractivity contribution < 1.29 is 9.59 Å². The Morgan fingerprint density at radius 2 is 1.61 bits per heavy atom. The predicted molar refractivity (Wildman–Crippen MR) is 145 cm³/mol. The summed E-state index contributed by atoms with van der Waals surface area (Å²) in [4.78, 5) is 32.9. The summed E-state index contributed by atoms with van der Waals surface area (Å²) in [5.41, 5.74) is 3.14. The number of halogens is 1. The van der Waals surface area contributed by atoms with Gasteiger partial charge < -0.3 is 10.3 Å². The molecule has 1 aliphatic rings. The van der Waals surface area contributed by atoms with E-state index >= 15 is 0 Å². The summed E-state index contributed by atoms with van der Waals surface area (Å²) in [5.74, 6) is -0.374. The third-order valence-electron chi connectivity index (χ3n) is 6.98. The van der Waals surface area contributed by atoms with Crippen molar-refractivity contribution in [1.29, 1.82) is 0 Å². The van der Waals surface area contributed by atoms with E-state index in [1.165, 1.54) is 6.42 Å². The zero-order chi connectivity index (χ0) is 24.9. The number of aromatic amines is 1. The van der Waals surface area contributed by atoms with E-state index in [1.807, 2.05) is 79.0 Å². The average molecular weight is 500 g/mol. The molecule has 4 aromatic rings. The molecule has 3 aromatic carbocycles. The normalized spacial score (nSPS) is 14.9. The van der Waals surface area contributed by atoms with Crippen LogP contribution in [0, 0.1) is 0 Å². The third kappa shape index (κ3) is 5.17. The zero-order valence-corrected chi connectivity index (χ0v) is 20.9. The lowest BCUT2D eigenvalue weighted by Gasteiger charge is -2.34. The van der Waals surface area contributed by atoms with Crippen LogP contribution in [0.5, 0.6) is 0 Å². The van der Waals surface area contributed by atoms with Crippen molar-refractivity contribution in [3.63, 3.8) is 0 Å². The van der Waals surface area contributed by atoms with Gasteiger partial charge in [-0.15, -0.1) is 0 Å². The van der Waals surface area contributed by atoms with Crippen LogP contribution in [0.2, 0.25) is 5.02 Å². The lowest BCUT2D eigenvalue weighted by Crippen LogP contribution is -2.47. The van der Waals surface area contributed by atoms with Gasteiger partial charge in [-0.2, -0.15) is 0 Å². The molecule has 0 spiro atoms. The zero-order valence-electron chi connectivity index (χ0n) is 20.1. The molecule has 1 heterocycles. The fourth-order valence-electron chi connectivity index (χ4n) is 5.17. The maximum atomic E-state index is 14.1. The summed E-state index contributed by atoms with van der Waals surface area (Å²) in [6, 6.07) is 23.8. The molecular weight excluding hydrogens is 470 g/mol. The number of H-pyrrole nitrogens is 1. The highest BCUT2D eigenvalue weighted by molar-refractivity contribution is 6.31. The van der Waals surface area contributed by atoms with Crippen LogP contribution in [0.25, 0.3) is 10.9 Å². The molecule has 2 amide bonds. The van der Waals surface area contributed by atoms with Crippen LogP contribution in [0.15, 0.2) is 85.1 Å². The van der Waals surface area contributed by atoms with Crippen LogP contribution in [-0.4, -0.2) is 22.8 Å². The Bertz CT molecular complexity index is 1340. The molecule has 5 nitrogen and oxygen atoms in total. The largest absolute Gasteiger partial charge is 0.361 e. The number of hydrogen-bond acceptors (Lipinski definition) is 2. The van der Waals surface area contributed by atoms with E-state index in [0.717, 1.165) is 42.1 Å². The maximum Gasteiger partial charge on any atom is 0.248 e. The smallest absolute Gasteiger partial charge is 0.248 e. The summed E-state index contributed by atoms with van der Waals surface area (Å²) in [7, 11) is 0. The highest BCUT2D eigenvalue weighted by atomic mass is 35.5. The fraction of sp³-hybridized carbons (Fsp3) is 0.267. The van der Waals surface area contributed by atoms with Crippen molar-refractivity contribution in [2.24, 2.45) is 0 Å². The predicted octanol–water partition coefficient (Wildman–Crippen LogP) is 6.59. The molecule has 1 saturated carbocycles. The SMILES string of the molecule is O=C(NC1CCCCC1)C(c1ccccc1Cl)N(C(=O)Cc1c[nH]c2ccccc12)c1ccccc1. The first kappa shape index (κ1) is 24.1. The summed E-state index contributed by atoms with van der Waals surface area (Å²) in [6.45, 7) is 0. The van der Waals surface area contributed by atoms with Gasteiger partial charge in [0.05, 0.1) is 6.42 Å². The number of aromatic nitrogens is 1. The lowest BCUT2D eigenvalue weighted by atomic mass is 9.94. The minimum atomic E-state index is -0.888. The first-order valence-corrected chi connectivity index (χ1v) is 13.0. The number of amides is 2. The number of anilines is 1. The molecule has 0 saturated heterocycles. The molecule has 1 unspecified atom stereocenters. The van der Waals surface area contributed by atoms with Gasteiger partial charge in [0.25, 0.3) is 0 Å². The summed E-state index contributed by atoms with van der Waals surface area (Å²) in [5, 5.41) is 4.70. The molecule has 2 N–H and O–H groups in total. The average Bonchev–Trinajstić information content (AvgIpc) is 3.31. The van der Waals surface area contributed by atoms with Crippen molar-refractivity contribution in [3.05, 3.63) is 101 Å². The van der Waals surface area contributed by atoms with E-state index in [2.05, 4.69) is 10.3 Å². The number of carbonyl (C=O) groups excluding carboxylic acids is 2. The lowest BCUT2D eigenvalue weighted by molar-refractivity contribution is -0.127. The van der Waals surface area contributed by atoms with Crippen molar-refractivity contribution >= 4 is 40.0 Å². The Balaban J connectivity index is 1.55. The van der Waals surface area contributed by atoms with Gasteiger partial charge in [0, 0.05) is 39.4 Å². The van der Waals surface area contributed by atoms with Crippen LogP contribution < -0.4 is 10.2 Å². The third-order valence-corrected chi connectivity index (χ3v) is 7.32. The number of hydrogen-bond donors (Lipinski definition) is 2. The first-order chi connectivity index (χ1) is 17.6. The van der Waals surface area contributed by atoms with Crippen molar-refractivity contribution in [2.75, 3.05) is 4.90 Å². The monoisotopic (exact) mass is 499 g/mol. The molecule has 6 heteroatoms. The molecular formula is C30H30ClN3O2. The van der Waals surface area contributed by atoms with Crippen LogP contribution in [-0.2, 0) is 16.0 Å². The topological polar surface area (TPSA) is 65.2 Å². The molecule has 36 heavy (non-hydrogen) atoms. The number of nitrogens with one attached hydrogen (secondary N) is 2. The van der Waals surface area contributed by atoms with Crippen molar-refractivity contribution in [2.45, 2.75) is 50.6 Å². The van der Waals surface area contributed by atoms with Crippen molar-refractivity contribution in [1.82, 2.24) is 10.3 Å². The van der Waals surface area contributed by atoms with Gasteiger partial charge in [0.2, 0.25) is 11.8 Å². The van der Waals surface area contributed by atoms with E-state index < -0.39 is 6.04 Å². The minimum Gasteiger partial charge on any atom is -0.361 e. The Hall–Kier alpha value is -3.57. The van der Waals surface area contributed by atoms with E-state index in [9.17, 15) is 9.59 Å². The molecule has 1 aromatic heterocycles. The van der Waals surface area contributed by atoms with Gasteiger partial charge in [-0.25, -0.2) is 0 Å². The van der Waals surface area contributed by atoms with Crippen LogP contribution in [0.4, 0.5) is 5.69 Å². The van der Waals surface area contributed by atoms with Crippen LogP contribution in [0.3, 0.4) is 0 Å². The summed E-state index contributed by atoms with van der Waals surface area (Å²) >= 11 is 6.64. The molecule has 5 rings (SSSR count). The standard InChI is InChI=1S/C30H30ClN3O2/c31-26-17-9-7-16-25(26)29(30(36)33-22-11-3-1-4-12-22)34(23-13-5-2-6-14-23)28(35)19-21-20-32-27-18-10-8-15-24(21)27/h2,5-10,13-18,20,22,29,32H,1,3-4,11-12,19H2,(H,33,36). The first-order valence-electron chi connectivity index (χ1n) is 12.6. The molecule has 184 valence electrons. The second kappa shape index (κ2) is 11.0. The quantitative estimate of drug-likeness (QED) is 0.301. The molecule has 1 aliphatic carbocycles. The summed E-state index contributed by atoms with van der Waals surface area (Å²) < 4.78 is 0. The Labute approximate surface area is 216 Å². The van der Waals surface area contributed by atoms with Crippen LogP contribution >= 0.6 is 11.6 Å². The highest BCUT2D eigenvalue weighted by Crippen LogP contribution is 2.33. The highest BCUT2D eigenvalue weighted by Gasteiger charge is 2.35. The van der Waals surface area contributed by atoms with Gasteiger partial charge in [-0.3, -0.25) is 14.5 Å². The number of fused-ring (bicyclic) bond motifs is 1. The Morgan fingerprint density at radius 3 is 2.39 bits per heavy atom. The van der Waals surface area contributed by atoms with E-state index in [-0.39, 0.29) is 24.3 Å². The van der Waals surface area contributed by atoms with Crippen LogP contribution in [0.1, 0.15) is 49.3 Å². The summed E-state index contributed by atoms with van der Waals surface area (Å²) in [6.07, 6.45) is 7.33. The molecule has 1 atom stereocenters. The molecule has 0 aliphatic heterocycles. The molecule has 0 radical (unpaired) electrons. The second-order valence-corrected chi connectivity index (χ2v) is 9.81. The van der Waals surface area contributed by atoms with E-state index in [0.29, 0.717) is 16.3 Å².